The number of carboxylic acid groups (broad SMARTS) is 1. The summed E-state index contributed by atoms with van der Waals surface area (Å²) in [5.74, 6) is -0.680. The lowest BCUT2D eigenvalue weighted by Crippen LogP contribution is -2.55. The summed E-state index contributed by atoms with van der Waals surface area (Å²) >= 11 is 0. The van der Waals surface area contributed by atoms with Crippen LogP contribution in [-0.2, 0) is 9.59 Å². The summed E-state index contributed by atoms with van der Waals surface area (Å²) in [6.07, 6.45) is 2.29. The van der Waals surface area contributed by atoms with E-state index < -0.39 is 29.0 Å². The van der Waals surface area contributed by atoms with Crippen LogP contribution in [-0.4, -0.2) is 57.4 Å². The Morgan fingerprint density at radius 2 is 1.42 bits per heavy atom. The zero-order valence-corrected chi connectivity index (χ0v) is 14.6. The van der Waals surface area contributed by atoms with E-state index in [1.165, 1.54) is 0 Å². The smallest absolute Gasteiger partial charge is 0.309 e. The Morgan fingerprint density at radius 3 is 1.92 bits per heavy atom. The Labute approximate surface area is 142 Å². The van der Waals surface area contributed by atoms with E-state index in [4.69, 9.17) is 0 Å². The van der Waals surface area contributed by atoms with Crippen LogP contribution in [0.3, 0.4) is 0 Å². The topological polar surface area (TPSA) is 98.1 Å². The van der Waals surface area contributed by atoms with E-state index in [0.29, 0.717) is 51.5 Å². The van der Waals surface area contributed by atoms with Crippen molar-refractivity contribution in [3.63, 3.8) is 0 Å². The van der Waals surface area contributed by atoms with Crippen LogP contribution in [0.2, 0.25) is 0 Å². The fourth-order valence-corrected chi connectivity index (χ4v) is 5.01. The molecule has 0 aromatic carbocycles. The molecule has 4 rings (SSSR count). The average Bonchev–Trinajstić information content (AvgIpc) is 2.64. The van der Waals surface area contributed by atoms with Gasteiger partial charge in [0.1, 0.15) is 0 Å². The van der Waals surface area contributed by atoms with Gasteiger partial charge in [0, 0.05) is 18.5 Å². The number of hydrogen-bond acceptors (Lipinski definition) is 4. The molecule has 24 heavy (non-hydrogen) atoms. The maximum atomic E-state index is 13.3. The molecule has 1 saturated heterocycles. The van der Waals surface area contributed by atoms with E-state index in [9.17, 15) is 24.9 Å². The molecule has 2 atom stereocenters. The maximum Gasteiger partial charge on any atom is 0.309 e. The molecule has 3 saturated carbocycles. The minimum atomic E-state index is -0.919. The largest absolute Gasteiger partial charge is 0.481 e. The van der Waals surface area contributed by atoms with Crippen LogP contribution in [0.25, 0.3) is 0 Å². The molecule has 4 aliphatic rings. The Morgan fingerprint density at radius 1 is 0.917 bits per heavy atom. The van der Waals surface area contributed by atoms with Crippen molar-refractivity contribution < 1.29 is 24.9 Å². The van der Waals surface area contributed by atoms with Gasteiger partial charge in [0.25, 0.3) is 0 Å². The highest BCUT2D eigenvalue weighted by molar-refractivity contribution is 5.85. The van der Waals surface area contributed by atoms with Gasteiger partial charge in [-0.2, -0.15) is 0 Å². The van der Waals surface area contributed by atoms with Crippen molar-refractivity contribution in [1.82, 2.24) is 4.90 Å². The van der Waals surface area contributed by atoms with Gasteiger partial charge in [0.05, 0.1) is 17.6 Å². The number of rotatable bonds is 2. The minimum Gasteiger partial charge on any atom is -0.481 e. The molecule has 1 amide bonds. The van der Waals surface area contributed by atoms with Gasteiger partial charge in [-0.05, 0) is 50.4 Å². The van der Waals surface area contributed by atoms with Crippen LogP contribution in [0.4, 0.5) is 0 Å². The van der Waals surface area contributed by atoms with Gasteiger partial charge in [0.2, 0.25) is 5.91 Å². The number of fused-ring (bicyclic) bond motifs is 3. The first-order valence-corrected chi connectivity index (χ1v) is 8.98. The third kappa shape index (κ3) is 2.84. The van der Waals surface area contributed by atoms with Gasteiger partial charge in [-0.1, -0.05) is 13.8 Å². The number of aliphatic hydroxyl groups excluding tert-OH is 2. The highest BCUT2D eigenvalue weighted by Gasteiger charge is 2.57. The average molecular weight is 339 g/mol. The fraction of sp³-hybridized carbons (Fsp3) is 0.889. The lowest BCUT2D eigenvalue weighted by Gasteiger charge is -2.51. The quantitative estimate of drug-likeness (QED) is 0.706. The zero-order chi connectivity index (χ0) is 17.8. The number of amides is 1. The third-order valence-electron chi connectivity index (χ3n) is 6.67. The number of aliphatic hydroxyl groups is 2. The highest BCUT2D eigenvalue weighted by Crippen LogP contribution is 2.57. The van der Waals surface area contributed by atoms with Crippen molar-refractivity contribution in [2.75, 3.05) is 13.1 Å². The lowest BCUT2D eigenvalue weighted by molar-refractivity contribution is -0.168. The summed E-state index contributed by atoms with van der Waals surface area (Å²) in [7, 11) is 0. The molecule has 1 aliphatic heterocycles. The van der Waals surface area contributed by atoms with Gasteiger partial charge in [-0.3, -0.25) is 9.59 Å². The summed E-state index contributed by atoms with van der Waals surface area (Å²) in [6.45, 7) is 4.69. The van der Waals surface area contributed by atoms with Gasteiger partial charge >= 0.3 is 5.97 Å². The lowest BCUT2D eigenvalue weighted by atomic mass is 9.53. The molecule has 0 aromatic heterocycles. The molecule has 6 nitrogen and oxygen atoms in total. The molecule has 1 heterocycles. The van der Waals surface area contributed by atoms with E-state index in [-0.39, 0.29) is 17.9 Å². The number of β-amino-alcohol motifs (C(OH)–C–C–N with tert-alkyl or cyclic N) is 1. The van der Waals surface area contributed by atoms with Gasteiger partial charge in [-0.25, -0.2) is 0 Å². The minimum absolute atomic E-state index is 0.0439. The first kappa shape index (κ1) is 17.7. The SMILES string of the molecule is CC1(C)C[C@@H](O)[C@@H](O)CN(C(=O)C23CCC(C(=O)O)(CC2)CC3)C1. The van der Waals surface area contributed by atoms with Crippen molar-refractivity contribution in [3.8, 4) is 0 Å². The molecule has 3 N–H and O–H groups in total. The molecular weight excluding hydrogens is 310 g/mol. The van der Waals surface area contributed by atoms with Crippen LogP contribution in [0.15, 0.2) is 0 Å². The van der Waals surface area contributed by atoms with Crippen LogP contribution in [0, 0.1) is 16.2 Å². The summed E-state index contributed by atoms with van der Waals surface area (Å²) < 4.78 is 0. The van der Waals surface area contributed by atoms with Gasteiger partial charge in [0.15, 0.2) is 0 Å². The Bertz CT molecular complexity index is 519. The second kappa shape index (κ2) is 5.70. The first-order valence-electron chi connectivity index (χ1n) is 8.98. The Kier molecular flexibility index (Phi) is 4.20. The van der Waals surface area contributed by atoms with Crippen molar-refractivity contribution in [1.29, 1.82) is 0 Å². The Hall–Kier alpha value is -1.14. The molecule has 136 valence electrons. The normalized spacial score (nSPS) is 41.8. The second-order valence-corrected chi connectivity index (χ2v) is 9.05. The number of carbonyl (C=O) groups excluding carboxylic acids is 1. The maximum absolute atomic E-state index is 13.3. The summed E-state index contributed by atoms with van der Waals surface area (Å²) in [6, 6.07) is 0. The number of aliphatic carboxylic acids is 1. The van der Waals surface area contributed by atoms with Crippen molar-refractivity contribution in [2.45, 2.75) is 71.0 Å². The Balaban J connectivity index is 1.78. The molecule has 4 fully saturated rings. The predicted molar refractivity (Wildman–Crippen MR) is 87.2 cm³/mol. The van der Waals surface area contributed by atoms with Crippen LogP contribution < -0.4 is 0 Å². The van der Waals surface area contributed by atoms with Crippen molar-refractivity contribution >= 4 is 11.9 Å². The number of hydrogen-bond donors (Lipinski definition) is 3. The van der Waals surface area contributed by atoms with Crippen LogP contribution in [0.5, 0.6) is 0 Å². The standard InChI is InChI=1S/C18H29NO5/c1-16(2)9-12(20)13(21)10-19(11-16)14(22)17-3-6-18(7-4-17,8-5-17)15(23)24/h12-13,20-21H,3-11H2,1-2H3,(H,23,24)/t12-,13+,17?,18?/m1/s1. The molecule has 2 bridgehead atoms. The molecule has 0 spiro atoms. The molecular formula is C18H29NO5. The van der Waals surface area contributed by atoms with Crippen LogP contribution >= 0.6 is 0 Å². The van der Waals surface area contributed by atoms with Crippen LogP contribution in [0.1, 0.15) is 58.8 Å². The molecule has 0 radical (unpaired) electrons. The molecule has 0 aromatic rings. The monoisotopic (exact) mass is 339 g/mol. The predicted octanol–water partition coefficient (Wildman–Crippen LogP) is 1.39. The summed E-state index contributed by atoms with van der Waals surface area (Å²) in [5, 5.41) is 29.7. The summed E-state index contributed by atoms with van der Waals surface area (Å²) in [4.78, 5) is 26.6. The molecule has 6 heteroatoms. The van der Waals surface area contributed by atoms with E-state index in [2.05, 4.69) is 0 Å². The van der Waals surface area contributed by atoms with E-state index >= 15 is 0 Å². The third-order valence-corrected chi connectivity index (χ3v) is 6.67. The van der Waals surface area contributed by atoms with Gasteiger partial charge < -0.3 is 20.2 Å². The van der Waals surface area contributed by atoms with E-state index in [1.807, 2.05) is 13.8 Å². The zero-order valence-electron chi connectivity index (χ0n) is 14.6. The molecule has 0 unspecified atom stereocenters. The number of likely N-dealkylation sites (tertiary alicyclic amines) is 1. The highest BCUT2D eigenvalue weighted by atomic mass is 16.4. The number of carbonyl (C=O) groups is 2. The van der Waals surface area contributed by atoms with E-state index in [1.54, 1.807) is 4.90 Å². The molecule has 3 aliphatic carbocycles. The van der Waals surface area contributed by atoms with E-state index in [0.717, 1.165) is 0 Å². The summed E-state index contributed by atoms with van der Waals surface area (Å²) in [5.41, 5.74) is -1.35. The number of nitrogens with zero attached hydrogens (tertiary/aromatic N) is 1. The second-order valence-electron chi connectivity index (χ2n) is 9.05. The van der Waals surface area contributed by atoms with Crippen molar-refractivity contribution in [2.24, 2.45) is 16.2 Å². The first-order chi connectivity index (χ1) is 11.1. The van der Waals surface area contributed by atoms with Gasteiger partial charge in [-0.15, -0.1) is 0 Å². The fourth-order valence-electron chi connectivity index (χ4n) is 5.01. The van der Waals surface area contributed by atoms with Crippen molar-refractivity contribution in [3.05, 3.63) is 0 Å². The number of carboxylic acids is 1.